The summed E-state index contributed by atoms with van der Waals surface area (Å²) in [6, 6.07) is 18.6. The number of aryl methyl sites for hydroxylation is 1. The molecule has 0 fully saturated rings. The summed E-state index contributed by atoms with van der Waals surface area (Å²) in [6.45, 7) is 4.25. The summed E-state index contributed by atoms with van der Waals surface area (Å²) in [5.74, 6) is 0. The molecule has 0 heterocycles. The molecule has 0 saturated heterocycles. The molecule has 0 saturated carbocycles. The van der Waals surface area contributed by atoms with Crippen molar-refractivity contribution in [3.05, 3.63) is 65.2 Å². The van der Waals surface area contributed by atoms with Crippen molar-refractivity contribution in [3.8, 4) is 6.07 Å². The third-order valence-electron chi connectivity index (χ3n) is 3.26. The number of nitrogens with one attached hydrogen (secondary N) is 1. The van der Waals surface area contributed by atoms with Gasteiger partial charge in [-0.05, 0) is 48.7 Å². The van der Waals surface area contributed by atoms with E-state index in [4.69, 9.17) is 5.26 Å². The summed E-state index contributed by atoms with van der Waals surface area (Å²) in [5.41, 5.74) is 4.27. The minimum absolute atomic E-state index is 0.181. The summed E-state index contributed by atoms with van der Waals surface area (Å²) >= 11 is 0. The standard InChI is InChI=1S/C17H18N2/c1-3-14-7-9-17(10-8-14)19-13(2)16-6-4-5-15(11-16)12-18/h4-11,13,19H,3H2,1-2H3. The second-order valence-electron chi connectivity index (χ2n) is 4.65. The molecule has 2 rings (SSSR count). The molecule has 0 aliphatic carbocycles. The Kier molecular flexibility index (Phi) is 4.20. The van der Waals surface area contributed by atoms with Crippen LogP contribution in [0.25, 0.3) is 0 Å². The average molecular weight is 250 g/mol. The van der Waals surface area contributed by atoms with Crippen molar-refractivity contribution in [2.45, 2.75) is 26.3 Å². The van der Waals surface area contributed by atoms with E-state index in [2.05, 4.69) is 49.5 Å². The van der Waals surface area contributed by atoms with Crippen molar-refractivity contribution in [3.63, 3.8) is 0 Å². The number of nitrogens with zero attached hydrogens (tertiary/aromatic N) is 1. The molecule has 0 amide bonds. The van der Waals surface area contributed by atoms with Crippen LogP contribution in [-0.4, -0.2) is 0 Å². The topological polar surface area (TPSA) is 35.8 Å². The highest BCUT2D eigenvalue weighted by Gasteiger charge is 2.05. The van der Waals surface area contributed by atoms with E-state index in [0.717, 1.165) is 17.7 Å². The zero-order valence-electron chi connectivity index (χ0n) is 11.4. The van der Waals surface area contributed by atoms with Gasteiger partial charge in [0.2, 0.25) is 0 Å². The summed E-state index contributed by atoms with van der Waals surface area (Å²) in [5, 5.41) is 12.4. The minimum Gasteiger partial charge on any atom is -0.379 e. The molecular weight excluding hydrogens is 232 g/mol. The average Bonchev–Trinajstić information content (AvgIpc) is 2.48. The number of anilines is 1. The predicted octanol–water partition coefficient (Wildman–Crippen LogP) is 4.29. The van der Waals surface area contributed by atoms with E-state index in [1.54, 1.807) is 0 Å². The molecule has 2 heteroatoms. The molecule has 1 unspecified atom stereocenters. The Hall–Kier alpha value is -2.27. The summed E-state index contributed by atoms with van der Waals surface area (Å²) in [6.07, 6.45) is 1.06. The fraction of sp³-hybridized carbons (Fsp3) is 0.235. The highest BCUT2D eigenvalue weighted by molar-refractivity contribution is 5.47. The highest BCUT2D eigenvalue weighted by atomic mass is 14.9. The molecule has 1 atom stereocenters. The van der Waals surface area contributed by atoms with Crippen LogP contribution in [-0.2, 0) is 6.42 Å². The Morgan fingerprint density at radius 2 is 1.89 bits per heavy atom. The maximum Gasteiger partial charge on any atom is 0.0991 e. The van der Waals surface area contributed by atoms with Crippen molar-refractivity contribution in [2.75, 3.05) is 5.32 Å². The molecule has 0 aliphatic heterocycles. The van der Waals surface area contributed by atoms with Crippen LogP contribution in [0, 0.1) is 11.3 Å². The van der Waals surface area contributed by atoms with E-state index in [1.165, 1.54) is 5.56 Å². The molecule has 0 spiro atoms. The lowest BCUT2D eigenvalue weighted by Gasteiger charge is -2.16. The van der Waals surface area contributed by atoms with Gasteiger partial charge in [0, 0.05) is 11.7 Å². The molecular formula is C17H18N2. The molecule has 1 N–H and O–H groups in total. The number of rotatable bonds is 4. The van der Waals surface area contributed by atoms with E-state index in [1.807, 2.05) is 24.3 Å². The maximum absolute atomic E-state index is 8.92. The lowest BCUT2D eigenvalue weighted by atomic mass is 10.1. The smallest absolute Gasteiger partial charge is 0.0991 e. The van der Waals surface area contributed by atoms with E-state index in [-0.39, 0.29) is 6.04 Å². The highest BCUT2D eigenvalue weighted by Crippen LogP contribution is 2.20. The monoisotopic (exact) mass is 250 g/mol. The van der Waals surface area contributed by atoms with Crippen molar-refractivity contribution in [2.24, 2.45) is 0 Å². The minimum atomic E-state index is 0.181. The van der Waals surface area contributed by atoms with E-state index in [9.17, 15) is 0 Å². The third kappa shape index (κ3) is 3.35. The molecule has 0 bridgehead atoms. The first kappa shape index (κ1) is 13.2. The molecule has 2 aromatic carbocycles. The van der Waals surface area contributed by atoms with Crippen molar-refractivity contribution in [1.82, 2.24) is 0 Å². The van der Waals surface area contributed by atoms with E-state index >= 15 is 0 Å². The summed E-state index contributed by atoms with van der Waals surface area (Å²) in [7, 11) is 0. The van der Waals surface area contributed by atoms with Gasteiger partial charge in [-0.25, -0.2) is 0 Å². The molecule has 0 radical (unpaired) electrons. The van der Waals surface area contributed by atoms with Gasteiger partial charge in [-0.3, -0.25) is 0 Å². The van der Waals surface area contributed by atoms with Gasteiger partial charge >= 0.3 is 0 Å². The molecule has 0 aromatic heterocycles. The molecule has 2 aromatic rings. The fourth-order valence-electron chi connectivity index (χ4n) is 2.05. The van der Waals surface area contributed by atoms with Crippen LogP contribution >= 0.6 is 0 Å². The number of benzene rings is 2. The van der Waals surface area contributed by atoms with Gasteiger partial charge in [0.15, 0.2) is 0 Å². The first-order chi connectivity index (χ1) is 9.22. The Labute approximate surface area is 114 Å². The van der Waals surface area contributed by atoms with Crippen LogP contribution < -0.4 is 5.32 Å². The van der Waals surface area contributed by atoms with Gasteiger partial charge in [0.1, 0.15) is 0 Å². The molecule has 96 valence electrons. The first-order valence-corrected chi connectivity index (χ1v) is 6.58. The molecule has 19 heavy (non-hydrogen) atoms. The third-order valence-corrected chi connectivity index (χ3v) is 3.26. The van der Waals surface area contributed by atoms with Crippen molar-refractivity contribution in [1.29, 1.82) is 5.26 Å². The molecule has 2 nitrogen and oxygen atoms in total. The quantitative estimate of drug-likeness (QED) is 0.878. The second kappa shape index (κ2) is 6.06. The Morgan fingerprint density at radius 3 is 2.53 bits per heavy atom. The first-order valence-electron chi connectivity index (χ1n) is 6.58. The van der Waals surface area contributed by atoms with Gasteiger partial charge in [0.05, 0.1) is 11.6 Å². The maximum atomic E-state index is 8.92. The Morgan fingerprint density at radius 1 is 1.16 bits per heavy atom. The lowest BCUT2D eigenvalue weighted by Crippen LogP contribution is -2.06. The van der Waals surface area contributed by atoms with Gasteiger partial charge in [0.25, 0.3) is 0 Å². The predicted molar refractivity (Wildman–Crippen MR) is 79.0 cm³/mol. The number of nitriles is 1. The zero-order valence-corrected chi connectivity index (χ0v) is 11.4. The summed E-state index contributed by atoms with van der Waals surface area (Å²) < 4.78 is 0. The van der Waals surface area contributed by atoms with E-state index < -0.39 is 0 Å². The van der Waals surface area contributed by atoms with E-state index in [0.29, 0.717) is 5.56 Å². The normalized spacial score (nSPS) is 11.6. The van der Waals surface area contributed by atoms with Gasteiger partial charge in [-0.1, -0.05) is 31.2 Å². The fourth-order valence-corrected chi connectivity index (χ4v) is 2.05. The SMILES string of the molecule is CCc1ccc(NC(C)c2cccc(C#N)c2)cc1. The van der Waals surface area contributed by atoms with Crippen molar-refractivity contribution < 1.29 is 0 Å². The lowest BCUT2D eigenvalue weighted by molar-refractivity contribution is 0.884. The number of hydrogen-bond donors (Lipinski definition) is 1. The van der Waals surface area contributed by atoms with Crippen LogP contribution in [0.3, 0.4) is 0 Å². The van der Waals surface area contributed by atoms with Crippen LogP contribution in [0.2, 0.25) is 0 Å². The largest absolute Gasteiger partial charge is 0.379 e. The van der Waals surface area contributed by atoms with Gasteiger partial charge < -0.3 is 5.32 Å². The Balaban J connectivity index is 2.11. The summed E-state index contributed by atoms with van der Waals surface area (Å²) in [4.78, 5) is 0. The van der Waals surface area contributed by atoms with Gasteiger partial charge in [-0.2, -0.15) is 5.26 Å². The van der Waals surface area contributed by atoms with Crippen LogP contribution in [0.1, 0.15) is 36.6 Å². The Bertz CT molecular complexity index is 579. The molecule has 0 aliphatic rings. The van der Waals surface area contributed by atoms with Gasteiger partial charge in [-0.15, -0.1) is 0 Å². The second-order valence-corrected chi connectivity index (χ2v) is 4.65. The van der Waals surface area contributed by atoms with Crippen LogP contribution in [0.4, 0.5) is 5.69 Å². The van der Waals surface area contributed by atoms with Crippen LogP contribution in [0.15, 0.2) is 48.5 Å². The zero-order chi connectivity index (χ0) is 13.7. The van der Waals surface area contributed by atoms with Crippen molar-refractivity contribution >= 4 is 5.69 Å². The van der Waals surface area contributed by atoms with Crippen LogP contribution in [0.5, 0.6) is 0 Å². The number of hydrogen-bond acceptors (Lipinski definition) is 2.